The van der Waals surface area contributed by atoms with Crippen LogP contribution < -0.4 is 4.74 Å². The third-order valence-corrected chi connectivity index (χ3v) is 5.12. The second-order valence-electron chi connectivity index (χ2n) is 6.83. The summed E-state index contributed by atoms with van der Waals surface area (Å²) in [5.74, 6) is 1.62. The number of hydrogen-bond donors (Lipinski definition) is 0. The van der Waals surface area contributed by atoms with Crippen molar-refractivity contribution in [1.82, 2.24) is 4.98 Å². The van der Waals surface area contributed by atoms with Crippen LogP contribution in [0.2, 0.25) is 5.02 Å². The smallest absolute Gasteiger partial charge is 0.130 e. The maximum Gasteiger partial charge on any atom is 0.130 e. The van der Waals surface area contributed by atoms with Crippen molar-refractivity contribution in [3.05, 3.63) is 70.9 Å². The van der Waals surface area contributed by atoms with Gasteiger partial charge in [-0.25, -0.2) is 4.98 Å². The monoisotopic (exact) mass is 367 g/mol. The predicted octanol–water partition coefficient (Wildman–Crippen LogP) is 5.44. The lowest BCUT2D eigenvalue weighted by Crippen LogP contribution is -2.17. The van der Waals surface area contributed by atoms with Crippen molar-refractivity contribution in [3.63, 3.8) is 0 Å². The number of rotatable bonds is 5. The van der Waals surface area contributed by atoms with Crippen LogP contribution in [-0.2, 0) is 17.8 Å². The highest BCUT2D eigenvalue weighted by Crippen LogP contribution is 2.22. The van der Waals surface area contributed by atoms with Crippen LogP contribution in [0.3, 0.4) is 0 Å². The molecule has 1 aliphatic heterocycles. The summed E-state index contributed by atoms with van der Waals surface area (Å²) in [6.45, 7) is 2.26. The number of fused-ring (bicyclic) bond motifs is 1. The number of aromatic nitrogens is 1. The van der Waals surface area contributed by atoms with Gasteiger partial charge in [0.15, 0.2) is 0 Å². The maximum absolute atomic E-state index is 6.02. The van der Waals surface area contributed by atoms with Crippen molar-refractivity contribution in [2.24, 2.45) is 5.92 Å². The van der Waals surface area contributed by atoms with Crippen LogP contribution in [0.4, 0.5) is 0 Å². The quantitative estimate of drug-likeness (QED) is 0.602. The van der Waals surface area contributed by atoms with Gasteiger partial charge >= 0.3 is 0 Å². The minimum Gasteiger partial charge on any atom is -0.487 e. The number of pyridine rings is 1. The van der Waals surface area contributed by atoms with E-state index in [1.807, 2.05) is 30.3 Å². The summed E-state index contributed by atoms with van der Waals surface area (Å²) in [6, 6.07) is 18.2. The number of benzene rings is 2. The summed E-state index contributed by atoms with van der Waals surface area (Å²) < 4.78 is 11.3. The van der Waals surface area contributed by atoms with Crippen molar-refractivity contribution in [3.8, 4) is 5.75 Å². The average molecular weight is 368 g/mol. The highest BCUT2D eigenvalue weighted by atomic mass is 35.5. The Morgan fingerprint density at radius 1 is 1.00 bits per heavy atom. The van der Waals surface area contributed by atoms with Gasteiger partial charge in [-0.05, 0) is 67.1 Å². The lowest BCUT2D eigenvalue weighted by molar-refractivity contribution is 0.0665. The molecule has 4 heteroatoms. The van der Waals surface area contributed by atoms with E-state index >= 15 is 0 Å². The first-order valence-electron chi connectivity index (χ1n) is 9.11. The third kappa shape index (κ3) is 4.35. The molecule has 26 heavy (non-hydrogen) atoms. The van der Waals surface area contributed by atoms with Gasteiger partial charge in [0.2, 0.25) is 0 Å². The molecule has 3 aromatic rings. The van der Waals surface area contributed by atoms with Crippen LogP contribution in [0.5, 0.6) is 5.75 Å². The molecule has 1 aromatic heterocycles. The van der Waals surface area contributed by atoms with Gasteiger partial charge in [0, 0.05) is 23.6 Å². The number of halogens is 1. The van der Waals surface area contributed by atoms with Crippen molar-refractivity contribution in [2.75, 3.05) is 13.2 Å². The molecule has 2 aromatic carbocycles. The first-order chi connectivity index (χ1) is 12.8. The Kier molecular flexibility index (Phi) is 5.37. The maximum atomic E-state index is 6.02. The fourth-order valence-electron chi connectivity index (χ4n) is 3.38. The Morgan fingerprint density at radius 3 is 2.62 bits per heavy atom. The lowest BCUT2D eigenvalue weighted by atomic mass is 9.92. The molecule has 0 radical (unpaired) electrons. The van der Waals surface area contributed by atoms with Gasteiger partial charge in [0.05, 0.1) is 11.2 Å². The molecule has 1 fully saturated rings. The summed E-state index contributed by atoms with van der Waals surface area (Å²) in [5, 5.41) is 1.77. The molecule has 0 aliphatic carbocycles. The van der Waals surface area contributed by atoms with Crippen LogP contribution in [0, 0.1) is 5.92 Å². The average Bonchev–Trinajstić information content (AvgIpc) is 2.68. The first kappa shape index (κ1) is 17.3. The third-order valence-electron chi connectivity index (χ3n) is 4.88. The Labute approximate surface area is 158 Å². The highest BCUT2D eigenvalue weighted by Gasteiger charge is 2.14. The van der Waals surface area contributed by atoms with Crippen molar-refractivity contribution in [2.45, 2.75) is 25.9 Å². The SMILES string of the molecule is Clc1ccc2nc(COc3ccc(CC4CCOCC4)cc3)ccc2c1. The summed E-state index contributed by atoms with van der Waals surface area (Å²) in [6.07, 6.45) is 3.45. The van der Waals surface area contributed by atoms with Gasteiger partial charge in [-0.15, -0.1) is 0 Å². The van der Waals surface area contributed by atoms with E-state index in [0.717, 1.165) is 65.8 Å². The summed E-state index contributed by atoms with van der Waals surface area (Å²) in [7, 11) is 0. The van der Waals surface area contributed by atoms with E-state index in [4.69, 9.17) is 21.1 Å². The molecule has 3 nitrogen and oxygen atoms in total. The Hall–Kier alpha value is -2.10. The largest absolute Gasteiger partial charge is 0.487 e. The molecular formula is C22H22ClNO2. The molecule has 1 saturated heterocycles. The fourth-order valence-corrected chi connectivity index (χ4v) is 3.56. The normalized spacial score (nSPS) is 15.3. The number of hydrogen-bond acceptors (Lipinski definition) is 3. The second kappa shape index (κ2) is 8.07. The zero-order chi connectivity index (χ0) is 17.8. The summed E-state index contributed by atoms with van der Waals surface area (Å²) >= 11 is 6.02. The van der Waals surface area contributed by atoms with E-state index in [1.54, 1.807) is 0 Å². The van der Waals surface area contributed by atoms with Crippen LogP contribution in [0.15, 0.2) is 54.6 Å². The molecule has 0 saturated carbocycles. The standard InChI is InChI=1S/C22H22ClNO2/c23-19-4-8-22-18(14-19)3-5-20(24-22)15-26-21-6-1-16(2-7-21)13-17-9-11-25-12-10-17/h1-8,14,17H,9-13,15H2. The molecule has 0 bridgehead atoms. The van der Waals surface area contributed by atoms with E-state index in [2.05, 4.69) is 29.2 Å². The molecular weight excluding hydrogens is 346 g/mol. The molecule has 0 atom stereocenters. The van der Waals surface area contributed by atoms with Crippen LogP contribution in [0.25, 0.3) is 10.9 Å². The zero-order valence-corrected chi connectivity index (χ0v) is 15.4. The lowest BCUT2D eigenvalue weighted by Gasteiger charge is -2.22. The van der Waals surface area contributed by atoms with Gasteiger partial charge in [0.25, 0.3) is 0 Å². The first-order valence-corrected chi connectivity index (χ1v) is 9.49. The van der Waals surface area contributed by atoms with E-state index in [0.29, 0.717) is 6.61 Å². The van der Waals surface area contributed by atoms with Crippen LogP contribution in [-0.4, -0.2) is 18.2 Å². The van der Waals surface area contributed by atoms with Crippen LogP contribution >= 0.6 is 11.6 Å². The van der Waals surface area contributed by atoms with Gasteiger partial charge in [-0.3, -0.25) is 0 Å². The summed E-state index contributed by atoms with van der Waals surface area (Å²) in [5.41, 5.74) is 3.21. The predicted molar refractivity (Wildman–Crippen MR) is 105 cm³/mol. The number of ether oxygens (including phenoxy) is 2. The molecule has 134 valence electrons. The molecule has 0 amide bonds. The zero-order valence-electron chi connectivity index (χ0n) is 14.7. The molecule has 4 rings (SSSR count). The number of nitrogens with zero attached hydrogens (tertiary/aromatic N) is 1. The van der Waals surface area contributed by atoms with E-state index in [-0.39, 0.29) is 0 Å². The van der Waals surface area contributed by atoms with Gasteiger partial charge in [0.1, 0.15) is 12.4 Å². The van der Waals surface area contributed by atoms with E-state index in [1.165, 1.54) is 5.56 Å². The van der Waals surface area contributed by atoms with Gasteiger partial charge in [-0.2, -0.15) is 0 Å². The topological polar surface area (TPSA) is 31.4 Å². The minimum absolute atomic E-state index is 0.456. The van der Waals surface area contributed by atoms with Crippen molar-refractivity contribution >= 4 is 22.5 Å². The highest BCUT2D eigenvalue weighted by molar-refractivity contribution is 6.31. The Balaban J connectivity index is 1.36. The second-order valence-corrected chi connectivity index (χ2v) is 7.27. The van der Waals surface area contributed by atoms with Crippen LogP contribution in [0.1, 0.15) is 24.1 Å². The van der Waals surface area contributed by atoms with Crippen molar-refractivity contribution in [1.29, 1.82) is 0 Å². The van der Waals surface area contributed by atoms with Crippen molar-refractivity contribution < 1.29 is 9.47 Å². The fraction of sp³-hybridized carbons (Fsp3) is 0.318. The van der Waals surface area contributed by atoms with E-state index < -0.39 is 0 Å². The molecule has 0 N–H and O–H groups in total. The van der Waals surface area contributed by atoms with E-state index in [9.17, 15) is 0 Å². The Morgan fingerprint density at radius 2 is 1.81 bits per heavy atom. The molecule has 1 aliphatic rings. The van der Waals surface area contributed by atoms with Gasteiger partial charge in [-0.1, -0.05) is 29.8 Å². The molecule has 2 heterocycles. The molecule has 0 spiro atoms. The Bertz CT molecular complexity index is 873. The summed E-state index contributed by atoms with van der Waals surface area (Å²) in [4.78, 5) is 4.63. The minimum atomic E-state index is 0.456. The molecule has 0 unspecified atom stereocenters. The van der Waals surface area contributed by atoms with Gasteiger partial charge < -0.3 is 9.47 Å².